The van der Waals surface area contributed by atoms with Gasteiger partial charge in [-0.15, -0.1) is 0 Å². The van der Waals surface area contributed by atoms with Crippen molar-refractivity contribution in [1.29, 1.82) is 0 Å². The molecule has 0 bridgehead atoms. The molecule has 1 N–H and O–H groups in total. The van der Waals surface area contributed by atoms with Crippen molar-refractivity contribution in [2.24, 2.45) is 5.92 Å². The molecule has 1 amide bonds. The Morgan fingerprint density at radius 1 is 0.913 bits per heavy atom. The summed E-state index contributed by atoms with van der Waals surface area (Å²) in [4.78, 5) is 19.7. The van der Waals surface area contributed by atoms with Gasteiger partial charge in [0.1, 0.15) is 11.9 Å². The third-order valence-corrected chi connectivity index (χ3v) is 9.10. The summed E-state index contributed by atoms with van der Waals surface area (Å²) in [6.45, 7) is 10.4. The van der Waals surface area contributed by atoms with E-state index in [0.29, 0.717) is 17.9 Å². The van der Waals surface area contributed by atoms with Gasteiger partial charge in [0.25, 0.3) is 5.91 Å². The largest absolute Gasteiger partial charge is 0.485 e. The van der Waals surface area contributed by atoms with Crippen LogP contribution in [0.25, 0.3) is 11.1 Å². The van der Waals surface area contributed by atoms with Crippen LogP contribution in [0.15, 0.2) is 85.2 Å². The Kier molecular flexibility index (Phi) is 10.5. The Morgan fingerprint density at radius 2 is 1.52 bits per heavy atom. The topological polar surface area (TPSA) is 54.5 Å². The second-order valence-electron chi connectivity index (χ2n) is 12.5. The molecule has 46 heavy (non-hydrogen) atoms. The predicted molar refractivity (Wildman–Crippen MR) is 176 cm³/mol. The van der Waals surface area contributed by atoms with E-state index in [0.717, 1.165) is 77.9 Å². The standard InChI is InChI=1S/C38H42F3N3O2/c1-25-5-11-34(12-6-25)46-36(30-7-9-33(10-8-30)38(39,40)41)31-16-21-44(22-17-31)28(4)13-20-43-37(45)35-26(2)23-32(24-27(35)3)29-14-18-42-19-15-29/h5-12,14-15,18-19,23-24,28,31,36H,13,16-17,20-22H2,1-4H3,(H,43,45). The molecule has 1 saturated heterocycles. The summed E-state index contributed by atoms with van der Waals surface area (Å²) in [5.41, 5.74) is 5.93. The molecule has 0 aliphatic carbocycles. The average molecular weight is 630 g/mol. The predicted octanol–water partition coefficient (Wildman–Crippen LogP) is 8.73. The van der Waals surface area contributed by atoms with Gasteiger partial charge >= 0.3 is 6.18 Å². The zero-order chi connectivity index (χ0) is 32.8. The Morgan fingerprint density at radius 3 is 2.11 bits per heavy atom. The molecule has 1 fully saturated rings. The molecular weight excluding hydrogens is 587 g/mol. The Bertz CT molecular complexity index is 1570. The van der Waals surface area contributed by atoms with Crippen LogP contribution in [0.1, 0.15) is 70.5 Å². The van der Waals surface area contributed by atoms with Crippen molar-refractivity contribution in [2.75, 3.05) is 19.6 Å². The number of piperidine rings is 1. The summed E-state index contributed by atoms with van der Waals surface area (Å²) >= 11 is 0. The molecule has 5 rings (SSSR count). The maximum Gasteiger partial charge on any atom is 0.416 e. The van der Waals surface area contributed by atoms with Gasteiger partial charge in [0.15, 0.2) is 0 Å². The first-order valence-electron chi connectivity index (χ1n) is 15.9. The smallest absolute Gasteiger partial charge is 0.416 e. The van der Waals surface area contributed by atoms with E-state index < -0.39 is 11.7 Å². The third-order valence-electron chi connectivity index (χ3n) is 9.10. The van der Waals surface area contributed by atoms with Gasteiger partial charge in [-0.05, 0) is 124 Å². The monoisotopic (exact) mass is 629 g/mol. The highest BCUT2D eigenvalue weighted by molar-refractivity contribution is 5.97. The highest BCUT2D eigenvalue weighted by Crippen LogP contribution is 2.37. The van der Waals surface area contributed by atoms with Crippen LogP contribution < -0.4 is 10.1 Å². The number of ether oxygens (including phenoxy) is 1. The van der Waals surface area contributed by atoms with Crippen LogP contribution in [0, 0.1) is 26.7 Å². The minimum atomic E-state index is -4.38. The van der Waals surface area contributed by atoms with Gasteiger partial charge in [0.2, 0.25) is 0 Å². The summed E-state index contributed by atoms with van der Waals surface area (Å²) in [5, 5.41) is 3.13. The van der Waals surface area contributed by atoms with E-state index in [1.807, 2.05) is 69.3 Å². The Hall–Kier alpha value is -4.17. The zero-order valence-electron chi connectivity index (χ0n) is 26.9. The lowest BCUT2D eigenvalue weighted by molar-refractivity contribution is -0.137. The molecule has 1 aliphatic rings. The van der Waals surface area contributed by atoms with Crippen LogP contribution >= 0.6 is 0 Å². The highest BCUT2D eigenvalue weighted by Gasteiger charge is 2.33. The lowest BCUT2D eigenvalue weighted by Gasteiger charge is -2.39. The molecule has 0 saturated carbocycles. The molecule has 3 aromatic carbocycles. The summed E-state index contributed by atoms with van der Waals surface area (Å²) in [6.07, 6.45) is 1.33. The van der Waals surface area contributed by atoms with Crippen LogP contribution in [0.3, 0.4) is 0 Å². The molecule has 8 heteroatoms. The van der Waals surface area contributed by atoms with Crippen molar-refractivity contribution in [3.05, 3.63) is 119 Å². The number of nitrogens with one attached hydrogen (secondary N) is 1. The first-order valence-corrected chi connectivity index (χ1v) is 15.9. The van der Waals surface area contributed by atoms with Gasteiger partial charge < -0.3 is 15.0 Å². The first-order chi connectivity index (χ1) is 22.0. The molecule has 2 atom stereocenters. The number of carbonyl (C=O) groups is 1. The Balaban J connectivity index is 1.17. The summed E-state index contributed by atoms with van der Waals surface area (Å²) in [7, 11) is 0. The number of aryl methyl sites for hydroxylation is 3. The minimum Gasteiger partial charge on any atom is -0.485 e. The number of amides is 1. The molecule has 1 aliphatic heterocycles. The number of halogens is 3. The van der Waals surface area contributed by atoms with Crippen LogP contribution in [-0.4, -0.2) is 41.5 Å². The molecule has 0 spiro atoms. The van der Waals surface area contributed by atoms with Crippen LogP contribution in [0.5, 0.6) is 5.75 Å². The van der Waals surface area contributed by atoms with Gasteiger partial charge in [-0.25, -0.2) is 0 Å². The number of aromatic nitrogens is 1. The number of hydrogen-bond donors (Lipinski definition) is 1. The van der Waals surface area contributed by atoms with Gasteiger partial charge in [-0.1, -0.05) is 42.0 Å². The van der Waals surface area contributed by atoms with E-state index in [2.05, 4.69) is 22.1 Å². The summed E-state index contributed by atoms with van der Waals surface area (Å²) in [5.74, 6) is 0.802. The number of rotatable bonds is 10. The number of pyridine rings is 1. The highest BCUT2D eigenvalue weighted by atomic mass is 19.4. The third kappa shape index (κ3) is 8.15. The number of carbonyl (C=O) groups excluding carboxylic acids is 1. The molecule has 4 aromatic rings. The van der Waals surface area contributed by atoms with Crippen molar-refractivity contribution in [3.63, 3.8) is 0 Å². The molecule has 1 aromatic heterocycles. The van der Waals surface area contributed by atoms with E-state index in [4.69, 9.17) is 4.74 Å². The molecule has 2 heterocycles. The van der Waals surface area contributed by atoms with Gasteiger partial charge in [-0.2, -0.15) is 13.2 Å². The minimum absolute atomic E-state index is 0.0603. The molecule has 242 valence electrons. The van der Waals surface area contributed by atoms with E-state index in [1.165, 1.54) is 0 Å². The van der Waals surface area contributed by atoms with Crippen molar-refractivity contribution in [1.82, 2.24) is 15.2 Å². The van der Waals surface area contributed by atoms with Crippen molar-refractivity contribution < 1.29 is 22.7 Å². The maximum atomic E-state index is 13.2. The van der Waals surface area contributed by atoms with Gasteiger partial charge in [0.05, 0.1) is 5.56 Å². The quantitative estimate of drug-likeness (QED) is 0.191. The average Bonchev–Trinajstić information content (AvgIpc) is 3.04. The lowest BCUT2D eigenvalue weighted by atomic mass is 9.86. The number of nitrogens with zero attached hydrogens (tertiary/aromatic N) is 2. The normalized spacial score (nSPS) is 15.7. The summed E-state index contributed by atoms with van der Waals surface area (Å²) in [6, 6.07) is 21.4. The van der Waals surface area contributed by atoms with Crippen LogP contribution in [0.2, 0.25) is 0 Å². The van der Waals surface area contributed by atoms with Crippen LogP contribution in [0.4, 0.5) is 13.2 Å². The molecule has 2 unspecified atom stereocenters. The fourth-order valence-electron chi connectivity index (χ4n) is 6.42. The zero-order valence-corrected chi connectivity index (χ0v) is 26.9. The van der Waals surface area contributed by atoms with Crippen LogP contribution in [-0.2, 0) is 6.18 Å². The van der Waals surface area contributed by atoms with E-state index in [-0.39, 0.29) is 24.0 Å². The lowest BCUT2D eigenvalue weighted by Crippen LogP contribution is -2.43. The van der Waals surface area contributed by atoms with Crippen molar-refractivity contribution >= 4 is 5.91 Å². The number of alkyl halides is 3. The maximum absolute atomic E-state index is 13.2. The summed E-state index contributed by atoms with van der Waals surface area (Å²) < 4.78 is 46.2. The van der Waals surface area contributed by atoms with Crippen molar-refractivity contribution in [3.8, 4) is 16.9 Å². The fraction of sp³-hybridized carbons (Fsp3) is 0.368. The van der Waals surface area contributed by atoms with E-state index >= 15 is 0 Å². The SMILES string of the molecule is Cc1ccc(OC(c2ccc(C(F)(F)F)cc2)C2CCN(C(C)CCNC(=O)c3c(C)cc(-c4ccncc4)cc3C)CC2)cc1. The number of benzene rings is 3. The van der Waals surface area contributed by atoms with Gasteiger partial charge in [0, 0.05) is 36.5 Å². The number of hydrogen-bond acceptors (Lipinski definition) is 4. The first kappa shape index (κ1) is 33.2. The second-order valence-corrected chi connectivity index (χ2v) is 12.5. The van der Waals surface area contributed by atoms with E-state index in [9.17, 15) is 18.0 Å². The molecule has 5 nitrogen and oxygen atoms in total. The molecular formula is C38H42F3N3O2. The number of likely N-dealkylation sites (tertiary alicyclic amines) is 1. The van der Waals surface area contributed by atoms with Crippen molar-refractivity contribution in [2.45, 2.75) is 65.3 Å². The fourth-order valence-corrected chi connectivity index (χ4v) is 6.42. The van der Waals surface area contributed by atoms with Gasteiger partial charge in [-0.3, -0.25) is 9.78 Å². The Labute approximate surface area is 269 Å². The second kappa shape index (κ2) is 14.5. The van der Waals surface area contributed by atoms with E-state index in [1.54, 1.807) is 24.5 Å². The molecule has 0 radical (unpaired) electrons.